The van der Waals surface area contributed by atoms with Gasteiger partial charge in [0.1, 0.15) is 5.82 Å². The van der Waals surface area contributed by atoms with Gasteiger partial charge in [0.15, 0.2) is 0 Å². The van der Waals surface area contributed by atoms with E-state index in [0.29, 0.717) is 11.5 Å². The maximum absolute atomic E-state index is 13.2. The molecule has 19 heavy (non-hydrogen) atoms. The van der Waals surface area contributed by atoms with Crippen LogP contribution in [0.2, 0.25) is 0 Å². The van der Waals surface area contributed by atoms with Crippen LogP contribution in [0, 0.1) is 11.7 Å². The molecular formula is C15H23FN2O. The molecule has 0 spiro atoms. The lowest BCUT2D eigenvalue weighted by atomic mass is 10.1. The van der Waals surface area contributed by atoms with Gasteiger partial charge in [-0.1, -0.05) is 13.8 Å². The summed E-state index contributed by atoms with van der Waals surface area (Å²) >= 11 is 0. The summed E-state index contributed by atoms with van der Waals surface area (Å²) in [6.45, 7) is 9.41. The van der Waals surface area contributed by atoms with E-state index in [2.05, 4.69) is 23.6 Å². The molecule has 1 aliphatic heterocycles. The topological polar surface area (TPSA) is 26.7 Å². The highest BCUT2D eigenvalue weighted by molar-refractivity contribution is 5.54. The second kappa shape index (κ2) is 6.35. The third kappa shape index (κ3) is 3.67. The summed E-state index contributed by atoms with van der Waals surface area (Å²) < 4.78 is 13.2. The number of hydrogen-bond donors (Lipinski definition) is 1. The van der Waals surface area contributed by atoms with E-state index in [0.717, 1.165) is 38.4 Å². The SMILES string of the molecule is CC(C)CN1CCN(c2ccc(F)cc2CO)CC1. The monoisotopic (exact) mass is 266 g/mol. The summed E-state index contributed by atoms with van der Waals surface area (Å²) in [7, 11) is 0. The largest absolute Gasteiger partial charge is 0.392 e. The molecule has 1 aliphatic rings. The van der Waals surface area contributed by atoms with Gasteiger partial charge >= 0.3 is 0 Å². The Morgan fingerprint density at radius 2 is 1.89 bits per heavy atom. The molecule has 0 aromatic heterocycles. The minimum atomic E-state index is -0.286. The Morgan fingerprint density at radius 3 is 2.47 bits per heavy atom. The zero-order valence-electron chi connectivity index (χ0n) is 11.8. The minimum Gasteiger partial charge on any atom is -0.392 e. The van der Waals surface area contributed by atoms with E-state index in [1.54, 1.807) is 6.07 Å². The molecule has 2 rings (SSSR count). The highest BCUT2D eigenvalue weighted by Gasteiger charge is 2.19. The first-order valence-corrected chi connectivity index (χ1v) is 6.96. The number of aliphatic hydroxyl groups is 1. The predicted octanol–water partition coefficient (Wildman–Crippen LogP) is 2.10. The van der Waals surface area contributed by atoms with Crippen LogP contribution in [0.15, 0.2) is 18.2 Å². The first kappa shape index (κ1) is 14.3. The normalized spacial score (nSPS) is 17.2. The quantitative estimate of drug-likeness (QED) is 0.904. The van der Waals surface area contributed by atoms with Gasteiger partial charge in [-0.15, -0.1) is 0 Å². The molecule has 106 valence electrons. The Kier molecular flexibility index (Phi) is 4.77. The molecule has 1 aromatic rings. The standard InChI is InChI=1S/C15H23FN2O/c1-12(2)10-17-5-7-18(8-6-17)15-4-3-14(16)9-13(15)11-19/h3-4,9,12,19H,5-8,10-11H2,1-2H3. The average molecular weight is 266 g/mol. The van der Waals surface area contributed by atoms with Crippen molar-refractivity contribution < 1.29 is 9.50 Å². The molecule has 0 aliphatic carbocycles. The molecule has 1 N–H and O–H groups in total. The second-order valence-corrected chi connectivity index (χ2v) is 5.61. The Balaban J connectivity index is 2.01. The van der Waals surface area contributed by atoms with Crippen molar-refractivity contribution in [3.8, 4) is 0 Å². The van der Waals surface area contributed by atoms with Gasteiger partial charge in [-0.2, -0.15) is 0 Å². The van der Waals surface area contributed by atoms with E-state index in [1.807, 2.05) is 0 Å². The third-order valence-corrected chi connectivity index (χ3v) is 3.55. The van der Waals surface area contributed by atoms with E-state index in [1.165, 1.54) is 12.1 Å². The Hall–Kier alpha value is -1.13. The Labute approximate surface area is 114 Å². The smallest absolute Gasteiger partial charge is 0.123 e. The van der Waals surface area contributed by atoms with Gasteiger partial charge in [-0.05, 0) is 24.1 Å². The number of nitrogens with zero attached hydrogens (tertiary/aromatic N) is 2. The third-order valence-electron chi connectivity index (χ3n) is 3.55. The van der Waals surface area contributed by atoms with Gasteiger partial charge in [0.05, 0.1) is 6.61 Å². The number of hydrogen-bond acceptors (Lipinski definition) is 3. The zero-order chi connectivity index (χ0) is 13.8. The first-order valence-electron chi connectivity index (χ1n) is 6.96. The van der Waals surface area contributed by atoms with Gasteiger partial charge < -0.3 is 10.0 Å². The summed E-state index contributed by atoms with van der Waals surface area (Å²) in [5.74, 6) is 0.400. The molecule has 1 fully saturated rings. The van der Waals surface area contributed by atoms with Crippen molar-refractivity contribution in [2.24, 2.45) is 5.92 Å². The van der Waals surface area contributed by atoms with Crippen molar-refractivity contribution in [2.75, 3.05) is 37.6 Å². The van der Waals surface area contributed by atoms with Crippen molar-refractivity contribution in [1.82, 2.24) is 4.90 Å². The van der Waals surface area contributed by atoms with Crippen LogP contribution in [0.4, 0.5) is 10.1 Å². The van der Waals surface area contributed by atoms with Crippen LogP contribution in [0.25, 0.3) is 0 Å². The fourth-order valence-corrected chi connectivity index (χ4v) is 2.68. The molecule has 0 saturated carbocycles. The fourth-order valence-electron chi connectivity index (χ4n) is 2.68. The van der Waals surface area contributed by atoms with E-state index in [-0.39, 0.29) is 12.4 Å². The van der Waals surface area contributed by atoms with Gasteiger partial charge in [0.25, 0.3) is 0 Å². The summed E-state index contributed by atoms with van der Waals surface area (Å²) in [4.78, 5) is 4.70. The molecule has 1 aromatic carbocycles. The summed E-state index contributed by atoms with van der Waals surface area (Å²) in [5.41, 5.74) is 1.64. The molecule has 0 bridgehead atoms. The maximum Gasteiger partial charge on any atom is 0.123 e. The van der Waals surface area contributed by atoms with E-state index in [9.17, 15) is 9.50 Å². The minimum absolute atomic E-state index is 0.112. The van der Waals surface area contributed by atoms with Crippen molar-refractivity contribution in [3.63, 3.8) is 0 Å². The van der Waals surface area contributed by atoms with Crippen LogP contribution in [-0.2, 0) is 6.61 Å². The number of aliphatic hydroxyl groups excluding tert-OH is 1. The molecule has 0 atom stereocenters. The van der Waals surface area contributed by atoms with Crippen molar-refractivity contribution in [2.45, 2.75) is 20.5 Å². The second-order valence-electron chi connectivity index (χ2n) is 5.61. The molecule has 1 heterocycles. The summed E-state index contributed by atoms with van der Waals surface area (Å²) in [6, 6.07) is 4.67. The number of anilines is 1. The molecular weight excluding hydrogens is 243 g/mol. The molecule has 0 radical (unpaired) electrons. The van der Waals surface area contributed by atoms with Gasteiger partial charge in [-0.25, -0.2) is 4.39 Å². The van der Waals surface area contributed by atoms with E-state index in [4.69, 9.17) is 0 Å². The highest BCUT2D eigenvalue weighted by atomic mass is 19.1. The lowest BCUT2D eigenvalue weighted by Crippen LogP contribution is -2.47. The van der Waals surface area contributed by atoms with Crippen molar-refractivity contribution in [1.29, 1.82) is 0 Å². The van der Waals surface area contributed by atoms with Gasteiger partial charge in [0.2, 0.25) is 0 Å². The fraction of sp³-hybridized carbons (Fsp3) is 0.600. The van der Waals surface area contributed by atoms with E-state index >= 15 is 0 Å². The molecule has 3 nitrogen and oxygen atoms in total. The lowest BCUT2D eigenvalue weighted by molar-refractivity contribution is 0.230. The number of benzene rings is 1. The van der Waals surface area contributed by atoms with Crippen molar-refractivity contribution >= 4 is 5.69 Å². The number of halogens is 1. The Bertz CT molecular complexity index is 415. The molecule has 4 heteroatoms. The van der Waals surface area contributed by atoms with Crippen LogP contribution in [0.3, 0.4) is 0 Å². The van der Waals surface area contributed by atoms with Crippen LogP contribution in [-0.4, -0.2) is 42.7 Å². The molecule has 0 unspecified atom stereocenters. The van der Waals surface area contributed by atoms with Crippen LogP contribution >= 0.6 is 0 Å². The average Bonchev–Trinajstić information content (AvgIpc) is 2.39. The molecule has 0 amide bonds. The zero-order valence-corrected chi connectivity index (χ0v) is 11.8. The lowest BCUT2D eigenvalue weighted by Gasteiger charge is -2.37. The van der Waals surface area contributed by atoms with Crippen molar-refractivity contribution in [3.05, 3.63) is 29.6 Å². The van der Waals surface area contributed by atoms with Gasteiger partial charge in [0, 0.05) is 44.0 Å². The number of piperazine rings is 1. The van der Waals surface area contributed by atoms with Crippen LogP contribution in [0.5, 0.6) is 0 Å². The van der Waals surface area contributed by atoms with E-state index < -0.39 is 0 Å². The summed E-state index contributed by atoms with van der Waals surface area (Å²) in [5, 5.41) is 9.34. The number of rotatable bonds is 4. The molecule has 1 saturated heterocycles. The first-order chi connectivity index (χ1) is 9.10. The van der Waals surface area contributed by atoms with Crippen LogP contribution in [0.1, 0.15) is 19.4 Å². The van der Waals surface area contributed by atoms with Gasteiger partial charge in [-0.3, -0.25) is 4.90 Å². The van der Waals surface area contributed by atoms with Crippen LogP contribution < -0.4 is 4.90 Å². The summed E-state index contributed by atoms with van der Waals surface area (Å²) in [6.07, 6.45) is 0. The Morgan fingerprint density at radius 1 is 1.21 bits per heavy atom. The predicted molar refractivity (Wildman–Crippen MR) is 75.8 cm³/mol. The highest BCUT2D eigenvalue weighted by Crippen LogP contribution is 2.23. The maximum atomic E-state index is 13.2.